The molecule has 0 saturated carbocycles. The van der Waals surface area contributed by atoms with Crippen molar-refractivity contribution in [1.29, 1.82) is 0 Å². The number of carbonyl (C=O) groups is 1. The van der Waals surface area contributed by atoms with Gasteiger partial charge in [0.2, 0.25) is 0 Å². The predicted molar refractivity (Wildman–Crippen MR) is 120 cm³/mol. The van der Waals surface area contributed by atoms with Gasteiger partial charge in [0.1, 0.15) is 0 Å². The number of benzene rings is 2. The number of amides is 1. The second kappa shape index (κ2) is 7.84. The number of nitrogens with zero attached hydrogens (tertiary/aromatic N) is 2. The molecule has 0 aromatic heterocycles. The van der Waals surface area contributed by atoms with Gasteiger partial charge in [-0.3, -0.25) is 14.9 Å². The van der Waals surface area contributed by atoms with E-state index in [1.165, 1.54) is 12.5 Å². The number of nitro groups is 1. The van der Waals surface area contributed by atoms with Crippen molar-refractivity contribution in [3.05, 3.63) is 81.4 Å². The molecule has 4 atom stereocenters. The molecular formula is C25H27N3O3. The van der Waals surface area contributed by atoms with Gasteiger partial charge in [-0.25, -0.2) is 0 Å². The van der Waals surface area contributed by atoms with E-state index < -0.39 is 0 Å². The van der Waals surface area contributed by atoms with Crippen LogP contribution in [0.5, 0.6) is 0 Å². The SMILES string of the molecule is C[C@H]1CCCCN1C(=O)c1ccc2c(c1)[C@@H]1C=CC[C@H]1[C@H](c1cccc([N+](=O)[O-])c1)N2. The number of anilines is 1. The number of likely N-dealkylation sites (tertiary alicyclic amines) is 1. The Morgan fingerprint density at radius 3 is 2.87 bits per heavy atom. The summed E-state index contributed by atoms with van der Waals surface area (Å²) in [6.07, 6.45) is 8.65. The molecule has 0 spiro atoms. The topological polar surface area (TPSA) is 75.5 Å². The van der Waals surface area contributed by atoms with Gasteiger partial charge in [-0.1, -0.05) is 24.3 Å². The van der Waals surface area contributed by atoms with E-state index in [4.69, 9.17) is 0 Å². The van der Waals surface area contributed by atoms with Crippen molar-refractivity contribution in [1.82, 2.24) is 4.90 Å². The molecule has 1 aliphatic carbocycles. The number of fused-ring (bicyclic) bond motifs is 3. The number of hydrogen-bond acceptors (Lipinski definition) is 4. The Kier molecular flexibility index (Phi) is 5.00. The summed E-state index contributed by atoms with van der Waals surface area (Å²) in [5, 5.41) is 14.9. The first-order valence-electron chi connectivity index (χ1n) is 11.2. The maximum atomic E-state index is 13.2. The van der Waals surface area contributed by atoms with Crippen LogP contribution in [0.25, 0.3) is 0 Å². The van der Waals surface area contributed by atoms with Crippen molar-refractivity contribution in [3.8, 4) is 0 Å². The fraction of sp³-hybridized carbons (Fsp3) is 0.400. The second-order valence-corrected chi connectivity index (χ2v) is 8.97. The molecule has 6 nitrogen and oxygen atoms in total. The Hall–Kier alpha value is -3.15. The highest BCUT2D eigenvalue weighted by Gasteiger charge is 2.38. The maximum absolute atomic E-state index is 13.2. The summed E-state index contributed by atoms with van der Waals surface area (Å²) < 4.78 is 0. The Bertz CT molecular complexity index is 1060. The molecule has 160 valence electrons. The van der Waals surface area contributed by atoms with Crippen LogP contribution in [0, 0.1) is 16.0 Å². The molecule has 2 aromatic carbocycles. The predicted octanol–water partition coefficient (Wildman–Crippen LogP) is 5.44. The number of rotatable bonds is 3. The van der Waals surface area contributed by atoms with Crippen molar-refractivity contribution in [3.63, 3.8) is 0 Å². The van der Waals surface area contributed by atoms with E-state index in [2.05, 4.69) is 30.5 Å². The molecule has 0 unspecified atom stereocenters. The first-order chi connectivity index (χ1) is 15.0. The second-order valence-electron chi connectivity index (χ2n) is 8.97. The van der Waals surface area contributed by atoms with Gasteiger partial charge in [0.15, 0.2) is 0 Å². The Labute approximate surface area is 182 Å². The molecule has 2 aromatic rings. The summed E-state index contributed by atoms with van der Waals surface area (Å²) in [4.78, 5) is 26.1. The summed E-state index contributed by atoms with van der Waals surface area (Å²) in [6.45, 7) is 2.96. The van der Waals surface area contributed by atoms with Crippen LogP contribution in [0.3, 0.4) is 0 Å². The van der Waals surface area contributed by atoms with Gasteiger partial charge >= 0.3 is 0 Å². The molecule has 1 saturated heterocycles. The standard InChI is InChI=1S/C25H27N3O3/c1-16-6-2-3-13-27(16)25(29)18-11-12-23-22(15-18)20-9-5-10-21(20)24(26-23)17-7-4-8-19(14-17)28(30)31/h4-5,7-9,11-12,14-16,20-21,24,26H,2-3,6,10,13H2,1H3/t16-,20+,21+,24-/m0/s1. The third-order valence-electron chi connectivity index (χ3n) is 7.11. The molecule has 2 aliphatic heterocycles. The quantitative estimate of drug-likeness (QED) is 0.410. The van der Waals surface area contributed by atoms with Crippen LogP contribution in [0.4, 0.5) is 11.4 Å². The fourth-order valence-corrected chi connectivity index (χ4v) is 5.45. The van der Waals surface area contributed by atoms with Crippen molar-refractivity contribution >= 4 is 17.3 Å². The van der Waals surface area contributed by atoms with Crippen LogP contribution >= 0.6 is 0 Å². The highest BCUT2D eigenvalue weighted by molar-refractivity contribution is 5.95. The lowest BCUT2D eigenvalue weighted by Crippen LogP contribution is -2.42. The van der Waals surface area contributed by atoms with Crippen molar-refractivity contribution in [2.75, 3.05) is 11.9 Å². The van der Waals surface area contributed by atoms with Crippen molar-refractivity contribution in [2.45, 2.75) is 50.6 Å². The van der Waals surface area contributed by atoms with Gasteiger partial charge in [-0.15, -0.1) is 0 Å². The van der Waals surface area contributed by atoms with Crippen LogP contribution < -0.4 is 5.32 Å². The minimum atomic E-state index is -0.343. The van der Waals surface area contributed by atoms with Crippen LogP contribution in [0.15, 0.2) is 54.6 Å². The normalized spacial score (nSPS) is 26.7. The smallest absolute Gasteiger partial charge is 0.269 e. The van der Waals surface area contributed by atoms with Crippen LogP contribution in [0.1, 0.15) is 66.1 Å². The minimum absolute atomic E-state index is 0.00364. The molecule has 2 heterocycles. The molecule has 1 N–H and O–H groups in total. The number of carbonyl (C=O) groups excluding carboxylic acids is 1. The lowest BCUT2D eigenvalue weighted by atomic mass is 9.76. The molecule has 0 bridgehead atoms. The van der Waals surface area contributed by atoms with Gasteiger partial charge in [0.25, 0.3) is 11.6 Å². The highest BCUT2D eigenvalue weighted by atomic mass is 16.6. The Balaban J connectivity index is 1.47. The zero-order chi connectivity index (χ0) is 21.5. The first kappa shape index (κ1) is 19.8. The van der Waals surface area contributed by atoms with Crippen molar-refractivity contribution < 1.29 is 9.72 Å². The lowest BCUT2D eigenvalue weighted by Gasteiger charge is -2.38. The minimum Gasteiger partial charge on any atom is -0.378 e. The summed E-state index contributed by atoms with van der Waals surface area (Å²) in [5.74, 6) is 0.593. The monoisotopic (exact) mass is 417 g/mol. The van der Waals surface area contributed by atoms with E-state index >= 15 is 0 Å². The van der Waals surface area contributed by atoms with Crippen LogP contribution in [-0.4, -0.2) is 28.3 Å². The zero-order valence-corrected chi connectivity index (χ0v) is 17.7. The molecule has 1 amide bonds. The number of allylic oxidation sites excluding steroid dienone is 2. The number of piperidine rings is 1. The first-order valence-corrected chi connectivity index (χ1v) is 11.2. The average Bonchev–Trinajstić information content (AvgIpc) is 3.28. The van der Waals surface area contributed by atoms with Gasteiger partial charge < -0.3 is 10.2 Å². The van der Waals surface area contributed by atoms with E-state index in [0.29, 0.717) is 0 Å². The number of hydrogen-bond donors (Lipinski definition) is 1. The number of nitro benzene ring substituents is 1. The third-order valence-corrected chi connectivity index (χ3v) is 7.11. The molecule has 3 aliphatic rings. The summed E-state index contributed by atoms with van der Waals surface area (Å²) in [6, 6.07) is 13.2. The maximum Gasteiger partial charge on any atom is 0.269 e. The number of non-ortho nitro benzene ring substituents is 1. The third kappa shape index (κ3) is 3.50. The van der Waals surface area contributed by atoms with E-state index in [0.717, 1.165) is 48.2 Å². The Morgan fingerprint density at radius 1 is 1.19 bits per heavy atom. The zero-order valence-electron chi connectivity index (χ0n) is 17.7. The van der Waals surface area contributed by atoms with Gasteiger partial charge in [0, 0.05) is 41.9 Å². The number of nitrogens with one attached hydrogen (secondary N) is 1. The van der Waals surface area contributed by atoms with E-state index in [1.807, 2.05) is 23.1 Å². The summed E-state index contributed by atoms with van der Waals surface area (Å²) in [7, 11) is 0. The van der Waals surface area contributed by atoms with E-state index in [-0.39, 0.29) is 40.4 Å². The van der Waals surface area contributed by atoms with E-state index in [1.54, 1.807) is 12.1 Å². The molecule has 1 fully saturated rings. The molecule has 6 heteroatoms. The van der Waals surface area contributed by atoms with Crippen LogP contribution in [-0.2, 0) is 0 Å². The molecular weight excluding hydrogens is 390 g/mol. The molecule has 0 radical (unpaired) electrons. The van der Waals surface area contributed by atoms with E-state index in [9.17, 15) is 14.9 Å². The lowest BCUT2D eigenvalue weighted by molar-refractivity contribution is -0.384. The summed E-state index contributed by atoms with van der Waals surface area (Å²) in [5.41, 5.74) is 3.95. The van der Waals surface area contributed by atoms with Gasteiger partial charge in [-0.2, -0.15) is 0 Å². The Morgan fingerprint density at radius 2 is 2.06 bits per heavy atom. The molecule has 31 heavy (non-hydrogen) atoms. The largest absolute Gasteiger partial charge is 0.378 e. The van der Waals surface area contributed by atoms with Crippen molar-refractivity contribution in [2.24, 2.45) is 5.92 Å². The summed E-state index contributed by atoms with van der Waals surface area (Å²) >= 11 is 0. The van der Waals surface area contributed by atoms with Crippen LogP contribution in [0.2, 0.25) is 0 Å². The highest BCUT2D eigenvalue weighted by Crippen LogP contribution is 2.50. The van der Waals surface area contributed by atoms with Gasteiger partial charge in [-0.05, 0) is 67.9 Å². The fourth-order valence-electron chi connectivity index (χ4n) is 5.45. The average molecular weight is 418 g/mol. The molecule has 5 rings (SSSR count). The van der Waals surface area contributed by atoms with Gasteiger partial charge in [0.05, 0.1) is 11.0 Å².